The van der Waals surface area contributed by atoms with Gasteiger partial charge >= 0.3 is 0 Å². The van der Waals surface area contributed by atoms with Crippen molar-refractivity contribution >= 4 is 29.1 Å². The molecule has 2 aliphatic rings. The van der Waals surface area contributed by atoms with Crippen LogP contribution < -0.4 is 15.1 Å². The average Bonchev–Trinajstić information content (AvgIpc) is 3.12. The molecule has 31 heavy (non-hydrogen) atoms. The number of amides is 3. The minimum absolute atomic E-state index is 0.149. The van der Waals surface area contributed by atoms with E-state index in [4.69, 9.17) is 0 Å². The number of nitrogens with zero attached hydrogens (tertiary/aromatic N) is 3. The third-order valence-electron chi connectivity index (χ3n) is 5.89. The lowest BCUT2D eigenvalue weighted by Crippen LogP contribution is -2.48. The van der Waals surface area contributed by atoms with Gasteiger partial charge in [-0.3, -0.25) is 24.2 Å². The molecule has 0 spiro atoms. The van der Waals surface area contributed by atoms with Crippen LogP contribution in [0.5, 0.6) is 0 Å². The number of rotatable bonds is 6. The molecule has 0 atom stereocenters. The van der Waals surface area contributed by atoms with Crippen molar-refractivity contribution in [3.63, 3.8) is 0 Å². The standard InChI is InChI=1S/C24H28N4O3/c1-18-3-2-4-21(17-18)27-15-13-26(14-16-27)12-11-25-24(31)19-5-7-20(8-6-19)28-22(29)9-10-23(28)30/h2-8,17H,9-16H2,1H3,(H,25,31). The molecular formula is C24H28N4O3. The molecular weight excluding hydrogens is 392 g/mol. The van der Waals surface area contributed by atoms with E-state index in [-0.39, 0.29) is 30.6 Å². The highest BCUT2D eigenvalue weighted by molar-refractivity contribution is 6.19. The zero-order valence-electron chi connectivity index (χ0n) is 17.8. The Morgan fingerprint density at radius 3 is 2.23 bits per heavy atom. The Morgan fingerprint density at radius 1 is 0.903 bits per heavy atom. The third kappa shape index (κ3) is 4.94. The van der Waals surface area contributed by atoms with E-state index in [1.54, 1.807) is 24.3 Å². The fraction of sp³-hybridized carbons (Fsp3) is 0.375. The molecule has 7 nitrogen and oxygen atoms in total. The van der Waals surface area contributed by atoms with Crippen LogP contribution in [0.2, 0.25) is 0 Å². The maximum Gasteiger partial charge on any atom is 0.251 e. The summed E-state index contributed by atoms with van der Waals surface area (Å²) in [6.07, 6.45) is 0.501. The van der Waals surface area contributed by atoms with Crippen LogP contribution in [0.25, 0.3) is 0 Å². The number of hydrogen-bond acceptors (Lipinski definition) is 5. The lowest BCUT2D eigenvalue weighted by molar-refractivity contribution is -0.121. The van der Waals surface area contributed by atoms with Gasteiger partial charge in [0.15, 0.2) is 0 Å². The van der Waals surface area contributed by atoms with Crippen LogP contribution in [-0.4, -0.2) is 61.9 Å². The highest BCUT2D eigenvalue weighted by Crippen LogP contribution is 2.22. The summed E-state index contributed by atoms with van der Waals surface area (Å²) >= 11 is 0. The van der Waals surface area contributed by atoms with Crippen molar-refractivity contribution in [1.82, 2.24) is 10.2 Å². The smallest absolute Gasteiger partial charge is 0.251 e. The first-order valence-electron chi connectivity index (χ1n) is 10.8. The van der Waals surface area contributed by atoms with Crippen LogP contribution in [0.15, 0.2) is 48.5 Å². The molecule has 0 unspecified atom stereocenters. The van der Waals surface area contributed by atoms with Crippen molar-refractivity contribution in [2.45, 2.75) is 19.8 Å². The number of piperazine rings is 1. The van der Waals surface area contributed by atoms with Gasteiger partial charge in [-0.2, -0.15) is 0 Å². The number of nitrogens with one attached hydrogen (secondary N) is 1. The second kappa shape index (κ2) is 9.31. The zero-order chi connectivity index (χ0) is 21.8. The molecule has 162 valence electrons. The number of anilines is 2. The Kier molecular flexibility index (Phi) is 6.32. The first-order chi connectivity index (χ1) is 15.0. The van der Waals surface area contributed by atoms with E-state index < -0.39 is 0 Å². The second-order valence-corrected chi connectivity index (χ2v) is 8.09. The average molecular weight is 421 g/mol. The van der Waals surface area contributed by atoms with Crippen molar-refractivity contribution < 1.29 is 14.4 Å². The molecule has 3 amide bonds. The minimum atomic E-state index is -0.190. The SMILES string of the molecule is Cc1cccc(N2CCN(CCNC(=O)c3ccc(N4C(=O)CCC4=O)cc3)CC2)c1. The lowest BCUT2D eigenvalue weighted by atomic mass is 10.2. The summed E-state index contributed by atoms with van der Waals surface area (Å²) in [5.41, 5.74) is 3.59. The maximum absolute atomic E-state index is 12.4. The molecule has 2 heterocycles. The Labute approximate surface area is 182 Å². The van der Waals surface area contributed by atoms with E-state index in [0.29, 0.717) is 17.8 Å². The van der Waals surface area contributed by atoms with E-state index in [1.807, 2.05) is 0 Å². The van der Waals surface area contributed by atoms with E-state index >= 15 is 0 Å². The predicted molar refractivity (Wildman–Crippen MR) is 120 cm³/mol. The van der Waals surface area contributed by atoms with Crippen molar-refractivity contribution in [3.8, 4) is 0 Å². The van der Waals surface area contributed by atoms with Gasteiger partial charge in [-0.1, -0.05) is 12.1 Å². The fourth-order valence-corrected chi connectivity index (χ4v) is 4.11. The summed E-state index contributed by atoms with van der Waals surface area (Å²) in [5.74, 6) is -0.529. The molecule has 0 radical (unpaired) electrons. The number of benzene rings is 2. The van der Waals surface area contributed by atoms with E-state index in [2.05, 4.69) is 46.3 Å². The van der Waals surface area contributed by atoms with Crippen LogP contribution in [0.3, 0.4) is 0 Å². The molecule has 0 saturated carbocycles. The molecule has 4 rings (SSSR count). The van der Waals surface area contributed by atoms with Crippen molar-refractivity contribution in [2.24, 2.45) is 0 Å². The molecule has 2 saturated heterocycles. The highest BCUT2D eigenvalue weighted by Gasteiger charge is 2.30. The van der Waals surface area contributed by atoms with E-state index in [1.165, 1.54) is 16.2 Å². The van der Waals surface area contributed by atoms with Crippen LogP contribution in [-0.2, 0) is 9.59 Å². The Morgan fingerprint density at radius 2 is 1.58 bits per heavy atom. The summed E-state index contributed by atoms with van der Waals surface area (Å²) < 4.78 is 0. The molecule has 7 heteroatoms. The van der Waals surface area contributed by atoms with E-state index in [0.717, 1.165) is 32.7 Å². The summed E-state index contributed by atoms with van der Waals surface area (Å²) in [5, 5.41) is 2.96. The van der Waals surface area contributed by atoms with Gasteiger partial charge in [-0.05, 0) is 48.9 Å². The zero-order valence-corrected chi connectivity index (χ0v) is 17.8. The number of aryl methyl sites for hydroxylation is 1. The summed E-state index contributed by atoms with van der Waals surface area (Å²) in [6, 6.07) is 15.2. The Bertz CT molecular complexity index is 949. The summed E-state index contributed by atoms with van der Waals surface area (Å²) in [6.45, 7) is 7.39. The van der Waals surface area contributed by atoms with Crippen molar-refractivity contribution in [1.29, 1.82) is 0 Å². The molecule has 2 aromatic carbocycles. The minimum Gasteiger partial charge on any atom is -0.369 e. The molecule has 0 aliphatic carbocycles. The van der Waals surface area contributed by atoms with Gasteiger partial charge in [0, 0.05) is 63.4 Å². The van der Waals surface area contributed by atoms with Gasteiger partial charge in [0.25, 0.3) is 5.91 Å². The van der Waals surface area contributed by atoms with Gasteiger partial charge in [-0.15, -0.1) is 0 Å². The van der Waals surface area contributed by atoms with Gasteiger partial charge in [0.05, 0.1) is 5.69 Å². The molecule has 1 N–H and O–H groups in total. The first-order valence-corrected chi connectivity index (χ1v) is 10.8. The predicted octanol–water partition coefficient (Wildman–Crippen LogP) is 2.20. The Balaban J connectivity index is 1.22. The second-order valence-electron chi connectivity index (χ2n) is 8.09. The molecule has 2 fully saturated rings. The Hall–Kier alpha value is -3.19. The largest absolute Gasteiger partial charge is 0.369 e. The summed E-state index contributed by atoms with van der Waals surface area (Å²) in [4.78, 5) is 42.0. The first kappa shape index (κ1) is 21.1. The van der Waals surface area contributed by atoms with Gasteiger partial charge < -0.3 is 10.2 Å². The number of imide groups is 1. The van der Waals surface area contributed by atoms with Crippen molar-refractivity contribution in [2.75, 3.05) is 49.1 Å². The fourth-order valence-electron chi connectivity index (χ4n) is 4.11. The van der Waals surface area contributed by atoms with Crippen LogP contribution in [0.4, 0.5) is 11.4 Å². The third-order valence-corrected chi connectivity index (χ3v) is 5.89. The van der Waals surface area contributed by atoms with Gasteiger partial charge in [0.2, 0.25) is 11.8 Å². The maximum atomic E-state index is 12.4. The van der Waals surface area contributed by atoms with Crippen LogP contribution in [0, 0.1) is 6.92 Å². The quantitative estimate of drug-likeness (QED) is 0.726. The molecule has 0 aromatic heterocycles. The number of hydrogen-bond donors (Lipinski definition) is 1. The highest BCUT2D eigenvalue weighted by atomic mass is 16.2. The van der Waals surface area contributed by atoms with Gasteiger partial charge in [0.1, 0.15) is 0 Å². The normalized spacial score (nSPS) is 17.3. The molecule has 0 bridgehead atoms. The molecule has 2 aliphatic heterocycles. The monoisotopic (exact) mass is 420 g/mol. The van der Waals surface area contributed by atoms with Gasteiger partial charge in [-0.25, -0.2) is 0 Å². The topological polar surface area (TPSA) is 73.0 Å². The number of carbonyl (C=O) groups excluding carboxylic acids is 3. The van der Waals surface area contributed by atoms with E-state index in [9.17, 15) is 14.4 Å². The van der Waals surface area contributed by atoms with Crippen molar-refractivity contribution in [3.05, 3.63) is 59.7 Å². The summed E-state index contributed by atoms with van der Waals surface area (Å²) in [7, 11) is 0. The van der Waals surface area contributed by atoms with Crippen LogP contribution >= 0.6 is 0 Å². The number of carbonyl (C=O) groups is 3. The molecule has 2 aromatic rings. The van der Waals surface area contributed by atoms with Crippen LogP contribution in [0.1, 0.15) is 28.8 Å². The lowest BCUT2D eigenvalue weighted by Gasteiger charge is -2.36.